The molecule has 2 aliphatic rings. The van der Waals surface area contributed by atoms with Crippen LogP contribution < -0.4 is 5.32 Å². The molecule has 2 unspecified atom stereocenters. The van der Waals surface area contributed by atoms with E-state index in [9.17, 15) is 0 Å². The molecule has 0 spiro atoms. The van der Waals surface area contributed by atoms with Gasteiger partial charge >= 0.3 is 0 Å². The Morgan fingerprint density at radius 3 is 2.95 bits per heavy atom. The van der Waals surface area contributed by atoms with Crippen LogP contribution in [0.4, 0.5) is 0 Å². The van der Waals surface area contributed by atoms with Gasteiger partial charge < -0.3 is 9.84 Å². The maximum absolute atomic E-state index is 5.52. The lowest BCUT2D eigenvalue weighted by atomic mass is 9.95. The number of hydrogen-bond acceptors (Lipinski definition) is 6. The van der Waals surface area contributed by atoms with Crippen molar-refractivity contribution in [2.24, 2.45) is 5.92 Å². The van der Waals surface area contributed by atoms with Crippen molar-refractivity contribution in [3.63, 3.8) is 0 Å². The van der Waals surface area contributed by atoms with Gasteiger partial charge in [-0.15, -0.1) is 0 Å². The first-order valence-electron chi connectivity index (χ1n) is 8.05. The first kappa shape index (κ1) is 15.3. The molecule has 0 radical (unpaired) electrons. The molecule has 1 N–H and O–H groups in total. The molecular formula is C15H26N4OS. The van der Waals surface area contributed by atoms with Gasteiger partial charge in [0.15, 0.2) is 5.82 Å². The van der Waals surface area contributed by atoms with Gasteiger partial charge in [-0.05, 0) is 32.9 Å². The number of likely N-dealkylation sites (N-methyl/N-ethyl adjacent to an activating group) is 1. The molecule has 1 aromatic rings. The maximum atomic E-state index is 5.52. The fourth-order valence-electron chi connectivity index (χ4n) is 3.50. The molecule has 0 amide bonds. The molecule has 1 aromatic heterocycles. The van der Waals surface area contributed by atoms with E-state index < -0.39 is 0 Å². The number of rotatable bonds is 5. The Bertz CT molecular complexity index is 447. The Hall–Kier alpha value is -0.590. The summed E-state index contributed by atoms with van der Waals surface area (Å²) in [6, 6.07) is 0.778. The highest BCUT2D eigenvalue weighted by Crippen LogP contribution is 2.30. The zero-order valence-electron chi connectivity index (χ0n) is 13.0. The summed E-state index contributed by atoms with van der Waals surface area (Å²) in [5.74, 6) is 4.67. The highest BCUT2D eigenvalue weighted by Gasteiger charge is 2.28. The largest absolute Gasteiger partial charge is 0.339 e. The van der Waals surface area contributed by atoms with Gasteiger partial charge in [0.25, 0.3) is 0 Å². The van der Waals surface area contributed by atoms with Gasteiger partial charge in [0.05, 0.1) is 6.04 Å². The summed E-state index contributed by atoms with van der Waals surface area (Å²) in [4.78, 5) is 7.00. The van der Waals surface area contributed by atoms with E-state index in [1.165, 1.54) is 31.4 Å². The highest BCUT2D eigenvalue weighted by molar-refractivity contribution is 7.99. The molecule has 21 heavy (non-hydrogen) atoms. The van der Waals surface area contributed by atoms with Crippen molar-refractivity contribution >= 4 is 11.8 Å². The Kier molecular flexibility index (Phi) is 5.19. The summed E-state index contributed by atoms with van der Waals surface area (Å²) in [6.45, 7) is 1.10. The van der Waals surface area contributed by atoms with Crippen molar-refractivity contribution < 1.29 is 4.52 Å². The standard InChI is InChI=1S/C15H26N4OS/c1-16-12(11-5-3-4-6-11)9-14-17-15(18-20-14)13-10-21-8-7-19(13)2/h11-13,16H,3-10H2,1-2H3. The molecule has 0 bridgehead atoms. The number of aromatic nitrogens is 2. The molecule has 1 saturated carbocycles. The number of nitrogens with one attached hydrogen (secondary N) is 1. The Balaban J connectivity index is 1.63. The minimum absolute atomic E-state index is 0.306. The molecule has 1 saturated heterocycles. The van der Waals surface area contributed by atoms with E-state index in [0.717, 1.165) is 36.4 Å². The summed E-state index contributed by atoms with van der Waals surface area (Å²) in [6.07, 6.45) is 6.24. The van der Waals surface area contributed by atoms with E-state index in [4.69, 9.17) is 4.52 Å². The SMILES string of the molecule is CNC(Cc1nc(C2CSCCN2C)no1)C1CCCC1. The molecule has 1 aliphatic carbocycles. The fourth-order valence-corrected chi connectivity index (χ4v) is 4.71. The maximum Gasteiger partial charge on any atom is 0.228 e. The van der Waals surface area contributed by atoms with E-state index in [-0.39, 0.29) is 0 Å². The Morgan fingerprint density at radius 2 is 2.24 bits per heavy atom. The highest BCUT2D eigenvalue weighted by atomic mass is 32.2. The minimum atomic E-state index is 0.306. The molecule has 3 rings (SSSR count). The second kappa shape index (κ2) is 7.11. The third-order valence-corrected chi connectivity index (χ3v) is 5.93. The Morgan fingerprint density at radius 1 is 1.43 bits per heavy atom. The quantitative estimate of drug-likeness (QED) is 0.899. The van der Waals surface area contributed by atoms with Crippen molar-refractivity contribution in [2.45, 2.75) is 44.2 Å². The number of hydrogen-bond donors (Lipinski definition) is 1. The van der Waals surface area contributed by atoms with E-state index >= 15 is 0 Å². The van der Waals surface area contributed by atoms with Gasteiger partial charge in [0.1, 0.15) is 0 Å². The third-order valence-electron chi connectivity index (χ3n) is 4.91. The van der Waals surface area contributed by atoms with Crippen molar-refractivity contribution in [2.75, 3.05) is 32.1 Å². The van der Waals surface area contributed by atoms with Gasteiger partial charge in [-0.1, -0.05) is 18.0 Å². The Labute approximate surface area is 131 Å². The lowest BCUT2D eigenvalue weighted by Gasteiger charge is -2.29. The van der Waals surface area contributed by atoms with Crippen LogP contribution in [0.2, 0.25) is 0 Å². The molecular weight excluding hydrogens is 284 g/mol. The van der Waals surface area contributed by atoms with E-state index in [0.29, 0.717) is 12.1 Å². The lowest BCUT2D eigenvalue weighted by molar-refractivity contribution is 0.255. The normalized spacial score (nSPS) is 26.3. The second-order valence-corrected chi connectivity index (χ2v) is 7.41. The van der Waals surface area contributed by atoms with Crippen LogP contribution in [0, 0.1) is 5.92 Å². The first-order chi connectivity index (χ1) is 10.3. The summed E-state index contributed by atoms with van der Waals surface area (Å²) < 4.78 is 5.52. The van der Waals surface area contributed by atoms with Crippen LogP contribution in [-0.2, 0) is 6.42 Å². The summed E-state index contributed by atoms with van der Waals surface area (Å²) in [5, 5.41) is 7.68. The third kappa shape index (κ3) is 3.60. The summed E-state index contributed by atoms with van der Waals surface area (Å²) in [5.41, 5.74) is 0. The van der Waals surface area contributed by atoms with E-state index in [2.05, 4.69) is 27.4 Å². The molecule has 2 heterocycles. The predicted molar refractivity (Wildman–Crippen MR) is 85.5 cm³/mol. The smallest absolute Gasteiger partial charge is 0.228 e. The topological polar surface area (TPSA) is 54.2 Å². The molecule has 0 aromatic carbocycles. The molecule has 6 heteroatoms. The van der Waals surface area contributed by atoms with Gasteiger partial charge in [-0.2, -0.15) is 16.7 Å². The average Bonchev–Trinajstić information content (AvgIpc) is 3.17. The van der Waals surface area contributed by atoms with E-state index in [1.54, 1.807) is 0 Å². The zero-order chi connectivity index (χ0) is 14.7. The molecule has 5 nitrogen and oxygen atoms in total. The van der Waals surface area contributed by atoms with Gasteiger partial charge in [0, 0.05) is 30.5 Å². The van der Waals surface area contributed by atoms with Crippen LogP contribution in [0.5, 0.6) is 0 Å². The number of thioether (sulfide) groups is 1. The van der Waals surface area contributed by atoms with Crippen molar-refractivity contribution in [3.8, 4) is 0 Å². The van der Waals surface area contributed by atoms with Crippen molar-refractivity contribution in [3.05, 3.63) is 11.7 Å². The zero-order valence-corrected chi connectivity index (χ0v) is 13.9. The van der Waals surface area contributed by atoms with Crippen LogP contribution in [-0.4, -0.2) is 53.2 Å². The summed E-state index contributed by atoms with van der Waals surface area (Å²) >= 11 is 1.97. The van der Waals surface area contributed by atoms with Gasteiger partial charge in [-0.25, -0.2) is 0 Å². The molecule has 2 atom stereocenters. The van der Waals surface area contributed by atoms with Crippen LogP contribution in [0.3, 0.4) is 0 Å². The predicted octanol–water partition coefficient (Wildman–Crippen LogP) is 2.11. The lowest BCUT2D eigenvalue weighted by Crippen LogP contribution is -2.34. The molecule has 2 fully saturated rings. The van der Waals surface area contributed by atoms with Crippen molar-refractivity contribution in [1.29, 1.82) is 0 Å². The van der Waals surface area contributed by atoms with Crippen LogP contribution >= 0.6 is 11.8 Å². The second-order valence-electron chi connectivity index (χ2n) is 6.26. The monoisotopic (exact) mass is 310 g/mol. The molecule has 118 valence electrons. The average molecular weight is 310 g/mol. The minimum Gasteiger partial charge on any atom is -0.339 e. The number of nitrogens with zero attached hydrogens (tertiary/aromatic N) is 3. The van der Waals surface area contributed by atoms with Crippen LogP contribution in [0.1, 0.15) is 43.4 Å². The van der Waals surface area contributed by atoms with Crippen LogP contribution in [0.15, 0.2) is 4.52 Å². The fraction of sp³-hybridized carbons (Fsp3) is 0.867. The van der Waals surface area contributed by atoms with Gasteiger partial charge in [0.2, 0.25) is 5.89 Å². The molecule has 1 aliphatic heterocycles. The van der Waals surface area contributed by atoms with Crippen molar-refractivity contribution in [1.82, 2.24) is 20.4 Å². The van der Waals surface area contributed by atoms with E-state index in [1.807, 2.05) is 18.8 Å². The van der Waals surface area contributed by atoms with Gasteiger partial charge in [-0.3, -0.25) is 4.90 Å². The summed E-state index contributed by atoms with van der Waals surface area (Å²) in [7, 11) is 4.20. The first-order valence-corrected chi connectivity index (χ1v) is 9.21. The van der Waals surface area contributed by atoms with Crippen LogP contribution in [0.25, 0.3) is 0 Å².